The monoisotopic (exact) mass is 325 g/mol. The Morgan fingerprint density at radius 1 is 1.53 bits per heavy atom. The number of hydrogen-bond acceptors (Lipinski definition) is 3. The Kier molecular flexibility index (Phi) is 3.91. The summed E-state index contributed by atoms with van der Waals surface area (Å²) in [6.07, 6.45) is 0. The van der Waals surface area contributed by atoms with E-state index in [-0.39, 0.29) is 24.4 Å². The number of carbonyl (C=O) groups excluding carboxylic acids is 2. The standard InChI is InChI=1S/C13H16BrN3O2/c1-7(2)16-11(18)6-17-10-4-3-8(14)5-9(10)12(15)13(17)19/h3-5,7,12H,6,15H2,1-2H3,(H,16,18). The average Bonchev–Trinajstić information content (AvgIpc) is 2.53. The molecule has 6 heteroatoms. The predicted octanol–water partition coefficient (Wildman–Crippen LogP) is 1.32. The number of anilines is 1. The van der Waals surface area contributed by atoms with Crippen molar-refractivity contribution >= 4 is 33.4 Å². The van der Waals surface area contributed by atoms with Gasteiger partial charge in [0, 0.05) is 21.8 Å². The third kappa shape index (κ3) is 2.79. The minimum absolute atomic E-state index is 0.000649. The fourth-order valence-electron chi connectivity index (χ4n) is 2.11. The molecule has 19 heavy (non-hydrogen) atoms. The van der Waals surface area contributed by atoms with Crippen LogP contribution < -0.4 is 16.0 Å². The number of nitrogens with two attached hydrogens (primary N) is 1. The SMILES string of the molecule is CC(C)NC(=O)CN1C(=O)C(N)c2cc(Br)ccc21. The molecule has 3 N–H and O–H groups in total. The molecule has 0 aromatic heterocycles. The maximum Gasteiger partial charge on any atom is 0.249 e. The first-order chi connectivity index (χ1) is 8.90. The van der Waals surface area contributed by atoms with Gasteiger partial charge in [0.15, 0.2) is 0 Å². The highest BCUT2D eigenvalue weighted by molar-refractivity contribution is 9.10. The van der Waals surface area contributed by atoms with Crippen molar-refractivity contribution in [3.8, 4) is 0 Å². The van der Waals surface area contributed by atoms with Gasteiger partial charge in [0.2, 0.25) is 11.8 Å². The molecule has 1 unspecified atom stereocenters. The van der Waals surface area contributed by atoms with E-state index in [1.165, 1.54) is 4.90 Å². The van der Waals surface area contributed by atoms with Crippen LogP contribution in [0.1, 0.15) is 25.5 Å². The van der Waals surface area contributed by atoms with Crippen molar-refractivity contribution in [3.05, 3.63) is 28.2 Å². The zero-order valence-electron chi connectivity index (χ0n) is 10.8. The highest BCUT2D eigenvalue weighted by atomic mass is 79.9. The van der Waals surface area contributed by atoms with Gasteiger partial charge in [-0.25, -0.2) is 0 Å². The van der Waals surface area contributed by atoms with E-state index in [0.29, 0.717) is 5.69 Å². The molecule has 0 spiro atoms. The number of fused-ring (bicyclic) bond motifs is 1. The predicted molar refractivity (Wildman–Crippen MR) is 76.7 cm³/mol. The quantitative estimate of drug-likeness (QED) is 0.880. The molecule has 0 saturated carbocycles. The molecule has 1 aromatic carbocycles. The number of carbonyl (C=O) groups is 2. The zero-order chi connectivity index (χ0) is 14.2. The second-order valence-corrected chi connectivity index (χ2v) is 5.74. The van der Waals surface area contributed by atoms with E-state index in [1.54, 1.807) is 6.07 Å². The summed E-state index contributed by atoms with van der Waals surface area (Å²) >= 11 is 3.35. The number of hydrogen-bond donors (Lipinski definition) is 2. The lowest BCUT2D eigenvalue weighted by molar-refractivity contribution is -0.124. The summed E-state index contributed by atoms with van der Waals surface area (Å²) in [4.78, 5) is 25.3. The number of amides is 2. The zero-order valence-corrected chi connectivity index (χ0v) is 12.4. The van der Waals surface area contributed by atoms with Crippen LogP contribution in [0.2, 0.25) is 0 Å². The normalized spacial score (nSPS) is 17.8. The van der Waals surface area contributed by atoms with E-state index in [2.05, 4.69) is 21.2 Å². The van der Waals surface area contributed by atoms with Crippen molar-refractivity contribution in [2.45, 2.75) is 25.9 Å². The van der Waals surface area contributed by atoms with Crippen LogP contribution in [0, 0.1) is 0 Å². The number of halogens is 1. The largest absolute Gasteiger partial charge is 0.352 e. The van der Waals surface area contributed by atoms with Gasteiger partial charge >= 0.3 is 0 Å². The summed E-state index contributed by atoms with van der Waals surface area (Å²) in [6.45, 7) is 3.75. The van der Waals surface area contributed by atoms with Gasteiger partial charge in [0.25, 0.3) is 0 Å². The minimum Gasteiger partial charge on any atom is -0.352 e. The first kappa shape index (κ1) is 14.0. The second-order valence-electron chi connectivity index (χ2n) is 4.83. The molecule has 2 amide bonds. The molecule has 0 aliphatic carbocycles. The van der Waals surface area contributed by atoms with Crippen molar-refractivity contribution < 1.29 is 9.59 Å². The molecule has 102 valence electrons. The fraction of sp³-hybridized carbons (Fsp3) is 0.385. The van der Waals surface area contributed by atoms with Crippen molar-refractivity contribution in [2.75, 3.05) is 11.4 Å². The topological polar surface area (TPSA) is 75.4 Å². The Morgan fingerprint density at radius 2 is 2.21 bits per heavy atom. The summed E-state index contributed by atoms with van der Waals surface area (Å²) in [6, 6.07) is 4.80. The molecule has 1 aliphatic heterocycles. The van der Waals surface area contributed by atoms with Crippen molar-refractivity contribution in [1.29, 1.82) is 0 Å². The Morgan fingerprint density at radius 3 is 2.84 bits per heavy atom. The smallest absolute Gasteiger partial charge is 0.249 e. The van der Waals surface area contributed by atoms with Gasteiger partial charge in [-0.05, 0) is 32.0 Å². The summed E-state index contributed by atoms with van der Waals surface area (Å²) in [7, 11) is 0. The van der Waals surface area contributed by atoms with Crippen molar-refractivity contribution in [2.24, 2.45) is 5.73 Å². The Bertz CT molecular complexity index is 531. The lowest BCUT2D eigenvalue weighted by Crippen LogP contribution is -2.42. The van der Waals surface area contributed by atoms with Gasteiger partial charge in [0.1, 0.15) is 12.6 Å². The van der Waals surface area contributed by atoms with E-state index in [1.807, 2.05) is 26.0 Å². The maximum atomic E-state index is 12.1. The van der Waals surface area contributed by atoms with Crippen LogP contribution in [0.4, 0.5) is 5.69 Å². The molecule has 2 rings (SSSR count). The molecule has 0 bridgehead atoms. The van der Waals surface area contributed by atoms with Gasteiger partial charge in [0.05, 0.1) is 0 Å². The minimum atomic E-state index is -0.695. The van der Waals surface area contributed by atoms with Crippen LogP contribution in [0.15, 0.2) is 22.7 Å². The van der Waals surface area contributed by atoms with Crippen LogP contribution in [0.25, 0.3) is 0 Å². The molecule has 0 fully saturated rings. The Hall–Kier alpha value is -1.40. The second kappa shape index (κ2) is 5.30. The van der Waals surface area contributed by atoms with Crippen LogP contribution >= 0.6 is 15.9 Å². The number of nitrogens with one attached hydrogen (secondary N) is 1. The van der Waals surface area contributed by atoms with Gasteiger partial charge in [-0.3, -0.25) is 9.59 Å². The van der Waals surface area contributed by atoms with Crippen LogP contribution in [-0.2, 0) is 9.59 Å². The molecular weight excluding hydrogens is 310 g/mol. The van der Waals surface area contributed by atoms with E-state index in [9.17, 15) is 9.59 Å². The third-order valence-corrected chi connectivity index (χ3v) is 3.39. The van der Waals surface area contributed by atoms with Gasteiger partial charge < -0.3 is 16.0 Å². The average molecular weight is 326 g/mol. The van der Waals surface area contributed by atoms with E-state index >= 15 is 0 Å². The van der Waals surface area contributed by atoms with Crippen LogP contribution in [0.5, 0.6) is 0 Å². The van der Waals surface area contributed by atoms with Gasteiger partial charge in [-0.1, -0.05) is 15.9 Å². The van der Waals surface area contributed by atoms with Crippen molar-refractivity contribution in [3.63, 3.8) is 0 Å². The fourth-order valence-corrected chi connectivity index (χ4v) is 2.49. The van der Waals surface area contributed by atoms with E-state index in [0.717, 1.165) is 10.0 Å². The number of rotatable bonds is 3. The number of nitrogens with zero attached hydrogens (tertiary/aromatic N) is 1. The molecular formula is C13H16BrN3O2. The Balaban J connectivity index is 2.24. The highest BCUT2D eigenvalue weighted by Gasteiger charge is 2.35. The maximum absolute atomic E-state index is 12.1. The van der Waals surface area contributed by atoms with E-state index in [4.69, 9.17) is 5.73 Å². The lowest BCUT2D eigenvalue weighted by atomic mass is 10.1. The number of benzene rings is 1. The Labute approximate surface area is 120 Å². The summed E-state index contributed by atoms with van der Waals surface area (Å²) in [5.41, 5.74) is 7.34. The molecule has 5 nitrogen and oxygen atoms in total. The lowest BCUT2D eigenvalue weighted by Gasteiger charge is -2.18. The van der Waals surface area contributed by atoms with Gasteiger partial charge in [-0.15, -0.1) is 0 Å². The van der Waals surface area contributed by atoms with Crippen molar-refractivity contribution in [1.82, 2.24) is 5.32 Å². The molecule has 1 aliphatic rings. The van der Waals surface area contributed by atoms with Crippen LogP contribution in [-0.4, -0.2) is 24.4 Å². The molecule has 0 radical (unpaired) electrons. The first-order valence-corrected chi connectivity index (χ1v) is 6.85. The molecule has 1 heterocycles. The first-order valence-electron chi connectivity index (χ1n) is 6.06. The molecule has 1 aromatic rings. The highest BCUT2D eigenvalue weighted by Crippen LogP contribution is 2.35. The third-order valence-electron chi connectivity index (χ3n) is 2.90. The van der Waals surface area contributed by atoms with Crippen LogP contribution in [0.3, 0.4) is 0 Å². The summed E-state index contributed by atoms with van der Waals surface area (Å²) in [5, 5.41) is 2.76. The molecule has 0 saturated heterocycles. The summed E-state index contributed by atoms with van der Waals surface area (Å²) < 4.78 is 0.864. The summed E-state index contributed by atoms with van der Waals surface area (Å²) in [5.74, 6) is -0.432. The van der Waals surface area contributed by atoms with Gasteiger partial charge in [-0.2, -0.15) is 0 Å². The van der Waals surface area contributed by atoms with E-state index < -0.39 is 6.04 Å². The molecule has 1 atom stereocenters.